The van der Waals surface area contributed by atoms with Gasteiger partial charge in [0.2, 0.25) is 0 Å². The topological polar surface area (TPSA) is 45.1 Å². The first-order valence-electron chi connectivity index (χ1n) is 7.63. The predicted octanol–water partition coefficient (Wildman–Crippen LogP) is 2.96. The third-order valence-electron chi connectivity index (χ3n) is 4.46. The van der Waals surface area contributed by atoms with Crippen molar-refractivity contribution in [3.63, 3.8) is 0 Å². The van der Waals surface area contributed by atoms with E-state index in [1.807, 2.05) is 18.2 Å². The van der Waals surface area contributed by atoms with Crippen molar-refractivity contribution in [1.82, 2.24) is 10.3 Å². The van der Waals surface area contributed by atoms with E-state index in [1.54, 1.807) is 12.4 Å². The van der Waals surface area contributed by atoms with E-state index in [0.717, 1.165) is 24.8 Å². The van der Waals surface area contributed by atoms with E-state index in [1.165, 1.54) is 11.1 Å². The molecule has 1 aromatic carbocycles. The molecule has 1 aromatic heterocycles. The molecule has 0 saturated heterocycles. The number of pyridine rings is 1. The molecule has 3 rings (SSSR count). The van der Waals surface area contributed by atoms with Crippen LogP contribution in [0.1, 0.15) is 42.5 Å². The van der Waals surface area contributed by atoms with Gasteiger partial charge in [-0.1, -0.05) is 24.3 Å². The smallest absolute Gasteiger partial charge is 0.102 e. The molecular weight excluding hydrogens is 260 g/mol. The Balaban J connectivity index is 1.73. The molecule has 1 aliphatic carbocycles. The van der Waals surface area contributed by atoms with Gasteiger partial charge >= 0.3 is 0 Å². The summed E-state index contributed by atoms with van der Waals surface area (Å²) in [5.74, 6) is 0. The van der Waals surface area contributed by atoms with Crippen LogP contribution in [0.15, 0.2) is 48.8 Å². The van der Waals surface area contributed by atoms with Crippen molar-refractivity contribution >= 4 is 0 Å². The lowest BCUT2D eigenvalue weighted by Crippen LogP contribution is -2.41. The molecule has 0 bridgehead atoms. The fourth-order valence-electron chi connectivity index (χ4n) is 3.17. The molecule has 0 amide bonds. The van der Waals surface area contributed by atoms with Gasteiger partial charge in [0.05, 0.1) is 0 Å². The van der Waals surface area contributed by atoms with Crippen molar-refractivity contribution < 1.29 is 5.11 Å². The van der Waals surface area contributed by atoms with Gasteiger partial charge in [-0.2, -0.15) is 0 Å². The second kappa shape index (κ2) is 5.96. The Morgan fingerprint density at radius 3 is 2.81 bits per heavy atom. The fourth-order valence-corrected chi connectivity index (χ4v) is 3.17. The summed E-state index contributed by atoms with van der Waals surface area (Å²) < 4.78 is 0. The Bertz CT molecular complexity index is 599. The third-order valence-corrected chi connectivity index (χ3v) is 4.46. The fraction of sp³-hybridized carbons (Fsp3) is 0.389. The standard InChI is InChI=1S/C18H22N2O/c1-14(15-8-11-19-12-9-15)20-13-18(21)10-4-6-16-5-2-3-7-17(16)18/h2-3,5,7-9,11-12,14,20-21H,4,6,10,13H2,1H3/t14-,18+/m1/s1. The highest BCUT2D eigenvalue weighted by molar-refractivity contribution is 5.35. The number of benzene rings is 1. The number of aromatic nitrogens is 1. The minimum atomic E-state index is -0.754. The molecule has 0 unspecified atom stereocenters. The first-order chi connectivity index (χ1) is 10.2. The lowest BCUT2D eigenvalue weighted by molar-refractivity contribution is 0.0170. The molecule has 2 N–H and O–H groups in total. The molecule has 1 aliphatic rings. The normalized spacial score (nSPS) is 22.6. The lowest BCUT2D eigenvalue weighted by atomic mass is 9.79. The highest BCUT2D eigenvalue weighted by atomic mass is 16.3. The number of nitrogens with one attached hydrogen (secondary N) is 1. The molecule has 2 aromatic rings. The summed E-state index contributed by atoms with van der Waals surface area (Å²) in [5.41, 5.74) is 2.81. The summed E-state index contributed by atoms with van der Waals surface area (Å²) >= 11 is 0. The maximum atomic E-state index is 11.0. The van der Waals surface area contributed by atoms with Crippen molar-refractivity contribution in [2.75, 3.05) is 6.54 Å². The van der Waals surface area contributed by atoms with Crippen LogP contribution in [0.2, 0.25) is 0 Å². The molecule has 21 heavy (non-hydrogen) atoms. The number of aliphatic hydroxyl groups is 1. The average Bonchev–Trinajstić information content (AvgIpc) is 2.54. The van der Waals surface area contributed by atoms with E-state index in [2.05, 4.69) is 35.4 Å². The van der Waals surface area contributed by atoms with E-state index >= 15 is 0 Å². The van der Waals surface area contributed by atoms with Gasteiger partial charge in [-0.05, 0) is 55.0 Å². The van der Waals surface area contributed by atoms with Crippen LogP contribution < -0.4 is 5.32 Å². The van der Waals surface area contributed by atoms with E-state index in [9.17, 15) is 5.11 Å². The minimum absolute atomic E-state index is 0.200. The minimum Gasteiger partial charge on any atom is -0.384 e. The zero-order valence-electron chi connectivity index (χ0n) is 12.4. The second-order valence-corrected chi connectivity index (χ2v) is 5.93. The van der Waals surface area contributed by atoms with Crippen molar-refractivity contribution in [3.8, 4) is 0 Å². The third kappa shape index (κ3) is 2.99. The molecule has 0 saturated carbocycles. The van der Waals surface area contributed by atoms with E-state index in [4.69, 9.17) is 0 Å². The molecule has 0 spiro atoms. The van der Waals surface area contributed by atoms with Gasteiger partial charge < -0.3 is 10.4 Å². The van der Waals surface area contributed by atoms with E-state index < -0.39 is 5.60 Å². The van der Waals surface area contributed by atoms with Gasteiger partial charge in [-0.25, -0.2) is 0 Å². The SMILES string of the molecule is C[C@@H](NC[C@@]1(O)CCCc2ccccc21)c1ccncc1. The molecule has 0 aliphatic heterocycles. The Kier molecular flexibility index (Phi) is 4.04. The number of rotatable bonds is 4. The Morgan fingerprint density at radius 2 is 2.00 bits per heavy atom. The van der Waals surface area contributed by atoms with Gasteiger partial charge in [0.1, 0.15) is 5.60 Å². The van der Waals surface area contributed by atoms with Crippen LogP contribution in [0.3, 0.4) is 0 Å². The molecule has 3 nitrogen and oxygen atoms in total. The van der Waals surface area contributed by atoms with Crippen LogP contribution in [0.4, 0.5) is 0 Å². The van der Waals surface area contributed by atoms with Crippen LogP contribution in [0.25, 0.3) is 0 Å². The second-order valence-electron chi connectivity index (χ2n) is 5.93. The molecule has 1 heterocycles. The molecule has 110 valence electrons. The van der Waals surface area contributed by atoms with Gasteiger partial charge in [0, 0.05) is 25.0 Å². The number of fused-ring (bicyclic) bond motifs is 1. The van der Waals surface area contributed by atoms with Gasteiger partial charge in [-0.15, -0.1) is 0 Å². The molecule has 3 heteroatoms. The summed E-state index contributed by atoms with van der Waals surface area (Å²) in [6.45, 7) is 2.70. The average molecular weight is 282 g/mol. The predicted molar refractivity (Wildman–Crippen MR) is 83.9 cm³/mol. The van der Waals surface area contributed by atoms with Gasteiger partial charge in [-0.3, -0.25) is 4.98 Å². The largest absolute Gasteiger partial charge is 0.384 e. The van der Waals surface area contributed by atoms with Crippen LogP contribution in [-0.4, -0.2) is 16.6 Å². The first-order valence-corrected chi connectivity index (χ1v) is 7.63. The summed E-state index contributed by atoms with van der Waals surface area (Å²) in [5, 5.41) is 14.5. The van der Waals surface area contributed by atoms with Gasteiger partial charge in [0.15, 0.2) is 0 Å². The summed E-state index contributed by atoms with van der Waals surface area (Å²) in [7, 11) is 0. The summed E-state index contributed by atoms with van der Waals surface area (Å²) in [4.78, 5) is 4.04. The number of aryl methyl sites for hydroxylation is 1. The van der Waals surface area contributed by atoms with E-state index in [-0.39, 0.29) is 6.04 Å². The Labute approximate surface area is 126 Å². The van der Waals surface area contributed by atoms with Crippen molar-refractivity contribution in [2.45, 2.75) is 37.8 Å². The number of hydrogen-bond acceptors (Lipinski definition) is 3. The van der Waals surface area contributed by atoms with Crippen molar-refractivity contribution in [3.05, 3.63) is 65.5 Å². The zero-order chi connectivity index (χ0) is 14.7. The molecule has 0 radical (unpaired) electrons. The van der Waals surface area contributed by atoms with E-state index in [0.29, 0.717) is 6.54 Å². The monoisotopic (exact) mass is 282 g/mol. The highest BCUT2D eigenvalue weighted by Gasteiger charge is 2.34. The lowest BCUT2D eigenvalue weighted by Gasteiger charge is -2.35. The van der Waals surface area contributed by atoms with Crippen LogP contribution in [-0.2, 0) is 12.0 Å². The number of nitrogens with zero attached hydrogens (tertiary/aromatic N) is 1. The molecule has 2 atom stereocenters. The van der Waals surface area contributed by atoms with Crippen LogP contribution in [0, 0.1) is 0 Å². The molecular formula is C18H22N2O. The van der Waals surface area contributed by atoms with Crippen molar-refractivity contribution in [1.29, 1.82) is 0 Å². The highest BCUT2D eigenvalue weighted by Crippen LogP contribution is 2.35. The maximum Gasteiger partial charge on any atom is 0.102 e. The van der Waals surface area contributed by atoms with Crippen LogP contribution >= 0.6 is 0 Å². The van der Waals surface area contributed by atoms with Crippen LogP contribution in [0.5, 0.6) is 0 Å². The zero-order valence-corrected chi connectivity index (χ0v) is 12.4. The quantitative estimate of drug-likeness (QED) is 0.906. The molecule has 0 fully saturated rings. The maximum absolute atomic E-state index is 11.0. The summed E-state index contributed by atoms with van der Waals surface area (Å²) in [6.07, 6.45) is 6.54. The van der Waals surface area contributed by atoms with Crippen molar-refractivity contribution in [2.24, 2.45) is 0 Å². The Hall–Kier alpha value is -1.71. The summed E-state index contributed by atoms with van der Waals surface area (Å²) in [6, 6.07) is 12.5. The van der Waals surface area contributed by atoms with Gasteiger partial charge in [0.25, 0.3) is 0 Å². The Morgan fingerprint density at radius 1 is 1.24 bits per heavy atom. The number of hydrogen-bond donors (Lipinski definition) is 2. The first kappa shape index (κ1) is 14.2.